The van der Waals surface area contributed by atoms with E-state index >= 15 is 0 Å². The molecule has 3 heteroatoms. The van der Waals surface area contributed by atoms with E-state index in [0.29, 0.717) is 0 Å². The maximum absolute atomic E-state index is 3.99. The minimum absolute atomic E-state index is 0.771. The molecular formula is C11H21N3. The summed E-state index contributed by atoms with van der Waals surface area (Å²) in [5.74, 6) is 0.771. The van der Waals surface area contributed by atoms with Gasteiger partial charge in [0.25, 0.3) is 0 Å². The molecule has 3 nitrogen and oxygen atoms in total. The molecule has 0 saturated carbocycles. The number of aromatic nitrogens is 2. The van der Waals surface area contributed by atoms with E-state index in [4.69, 9.17) is 0 Å². The van der Waals surface area contributed by atoms with Crippen LogP contribution in [0.1, 0.15) is 37.9 Å². The Bertz CT molecular complexity index is 255. The SMILES string of the molecule is CCCC(C)CNCc1cn[nH]c1C. The maximum Gasteiger partial charge on any atom is 0.0535 e. The number of aryl methyl sites for hydroxylation is 1. The predicted molar refractivity (Wildman–Crippen MR) is 59.1 cm³/mol. The van der Waals surface area contributed by atoms with Gasteiger partial charge in [-0.25, -0.2) is 0 Å². The molecule has 80 valence electrons. The van der Waals surface area contributed by atoms with E-state index in [1.165, 1.54) is 24.1 Å². The van der Waals surface area contributed by atoms with Crippen molar-refractivity contribution in [1.82, 2.24) is 15.5 Å². The van der Waals surface area contributed by atoms with Crippen molar-refractivity contribution in [3.8, 4) is 0 Å². The zero-order valence-corrected chi connectivity index (χ0v) is 9.43. The van der Waals surface area contributed by atoms with Gasteiger partial charge in [-0.3, -0.25) is 5.10 Å². The standard InChI is InChI=1S/C11H21N3/c1-4-5-9(2)6-12-7-11-8-13-14-10(11)3/h8-9,12H,4-7H2,1-3H3,(H,13,14). The minimum atomic E-state index is 0.771. The highest BCUT2D eigenvalue weighted by atomic mass is 15.1. The fraction of sp³-hybridized carbons (Fsp3) is 0.727. The Morgan fingerprint density at radius 3 is 2.93 bits per heavy atom. The number of rotatable bonds is 6. The zero-order valence-electron chi connectivity index (χ0n) is 9.43. The van der Waals surface area contributed by atoms with Crippen LogP contribution in [0.15, 0.2) is 6.20 Å². The minimum Gasteiger partial charge on any atom is -0.312 e. The first kappa shape index (κ1) is 11.2. The second kappa shape index (κ2) is 5.81. The number of nitrogens with one attached hydrogen (secondary N) is 2. The second-order valence-electron chi connectivity index (χ2n) is 4.04. The molecule has 14 heavy (non-hydrogen) atoms. The molecule has 0 radical (unpaired) electrons. The van der Waals surface area contributed by atoms with Crippen molar-refractivity contribution < 1.29 is 0 Å². The first-order chi connectivity index (χ1) is 6.74. The van der Waals surface area contributed by atoms with Gasteiger partial charge in [0.05, 0.1) is 6.20 Å². The number of hydrogen-bond acceptors (Lipinski definition) is 2. The van der Waals surface area contributed by atoms with Crippen LogP contribution < -0.4 is 5.32 Å². The van der Waals surface area contributed by atoms with Gasteiger partial charge in [0.2, 0.25) is 0 Å². The smallest absolute Gasteiger partial charge is 0.0535 e. The van der Waals surface area contributed by atoms with Gasteiger partial charge >= 0.3 is 0 Å². The molecule has 0 saturated heterocycles. The molecule has 0 bridgehead atoms. The molecule has 1 aromatic rings. The fourth-order valence-electron chi connectivity index (χ4n) is 1.60. The van der Waals surface area contributed by atoms with Crippen LogP contribution in [0.2, 0.25) is 0 Å². The van der Waals surface area contributed by atoms with E-state index < -0.39 is 0 Å². The molecule has 1 aromatic heterocycles. The quantitative estimate of drug-likeness (QED) is 0.731. The van der Waals surface area contributed by atoms with E-state index in [0.717, 1.165) is 19.0 Å². The summed E-state index contributed by atoms with van der Waals surface area (Å²) in [6.07, 6.45) is 4.47. The molecular weight excluding hydrogens is 174 g/mol. The Hall–Kier alpha value is -0.830. The number of nitrogens with zero attached hydrogens (tertiary/aromatic N) is 1. The number of hydrogen-bond donors (Lipinski definition) is 2. The van der Waals surface area contributed by atoms with Gasteiger partial charge in [-0.2, -0.15) is 5.10 Å². The Morgan fingerprint density at radius 1 is 1.57 bits per heavy atom. The van der Waals surface area contributed by atoms with Crippen LogP contribution in [0, 0.1) is 12.8 Å². The number of aromatic amines is 1. The van der Waals surface area contributed by atoms with Crippen molar-refractivity contribution in [2.24, 2.45) is 5.92 Å². The molecule has 0 aliphatic rings. The zero-order chi connectivity index (χ0) is 10.4. The van der Waals surface area contributed by atoms with Crippen LogP contribution in [0.25, 0.3) is 0 Å². The molecule has 0 amide bonds. The van der Waals surface area contributed by atoms with Gasteiger partial charge in [0.15, 0.2) is 0 Å². The van der Waals surface area contributed by atoms with Crippen LogP contribution in [0.3, 0.4) is 0 Å². The topological polar surface area (TPSA) is 40.7 Å². The maximum atomic E-state index is 3.99. The average Bonchev–Trinajstić information content (AvgIpc) is 2.52. The average molecular weight is 195 g/mol. The summed E-state index contributed by atoms with van der Waals surface area (Å²) >= 11 is 0. The molecule has 1 heterocycles. The molecule has 1 atom stereocenters. The lowest BCUT2D eigenvalue weighted by Gasteiger charge is -2.10. The highest BCUT2D eigenvalue weighted by molar-refractivity contribution is 5.13. The van der Waals surface area contributed by atoms with E-state index in [9.17, 15) is 0 Å². The summed E-state index contributed by atoms with van der Waals surface area (Å²) in [4.78, 5) is 0. The van der Waals surface area contributed by atoms with Crippen LogP contribution >= 0.6 is 0 Å². The summed E-state index contributed by atoms with van der Waals surface area (Å²) in [6, 6.07) is 0. The van der Waals surface area contributed by atoms with Crippen molar-refractivity contribution in [2.45, 2.75) is 40.2 Å². The summed E-state index contributed by atoms with van der Waals surface area (Å²) in [7, 11) is 0. The van der Waals surface area contributed by atoms with E-state index in [-0.39, 0.29) is 0 Å². The highest BCUT2D eigenvalue weighted by Crippen LogP contribution is 2.05. The van der Waals surface area contributed by atoms with Crippen molar-refractivity contribution >= 4 is 0 Å². The molecule has 2 N–H and O–H groups in total. The van der Waals surface area contributed by atoms with Crippen molar-refractivity contribution in [3.05, 3.63) is 17.5 Å². The van der Waals surface area contributed by atoms with Gasteiger partial charge in [0, 0.05) is 17.8 Å². The lowest BCUT2D eigenvalue weighted by atomic mass is 10.1. The normalized spacial score (nSPS) is 13.1. The van der Waals surface area contributed by atoms with Crippen LogP contribution in [-0.4, -0.2) is 16.7 Å². The molecule has 0 aromatic carbocycles. The Balaban J connectivity index is 2.19. The van der Waals surface area contributed by atoms with Gasteiger partial charge in [-0.1, -0.05) is 20.3 Å². The summed E-state index contributed by atoms with van der Waals surface area (Å²) in [5.41, 5.74) is 2.44. The fourth-order valence-corrected chi connectivity index (χ4v) is 1.60. The van der Waals surface area contributed by atoms with Crippen LogP contribution in [0.4, 0.5) is 0 Å². The Kier molecular flexibility index (Phi) is 4.66. The first-order valence-electron chi connectivity index (χ1n) is 5.43. The first-order valence-corrected chi connectivity index (χ1v) is 5.43. The summed E-state index contributed by atoms with van der Waals surface area (Å²) in [5, 5.41) is 10.4. The second-order valence-corrected chi connectivity index (χ2v) is 4.04. The van der Waals surface area contributed by atoms with Gasteiger partial charge in [-0.05, 0) is 25.8 Å². The van der Waals surface area contributed by atoms with Gasteiger partial charge in [-0.15, -0.1) is 0 Å². The lowest BCUT2D eigenvalue weighted by molar-refractivity contribution is 0.475. The largest absolute Gasteiger partial charge is 0.312 e. The van der Waals surface area contributed by atoms with E-state index in [1.807, 2.05) is 6.20 Å². The highest BCUT2D eigenvalue weighted by Gasteiger charge is 2.02. The molecule has 1 rings (SSSR count). The van der Waals surface area contributed by atoms with Crippen LogP contribution in [0.5, 0.6) is 0 Å². The van der Waals surface area contributed by atoms with E-state index in [2.05, 4.69) is 36.3 Å². The Labute approximate surface area is 86.3 Å². The predicted octanol–water partition coefficient (Wildman–Crippen LogP) is 2.24. The number of H-pyrrole nitrogens is 1. The third-order valence-electron chi connectivity index (χ3n) is 2.52. The third kappa shape index (κ3) is 3.50. The summed E-state index contributed by atoms with van der Waals surface area (Å²) < 4.78 is 0. The van der Waals surface area contributed by atoms with Gasteiger partial charge < -0.3 is 5.32 Å². The summed E-state index contributed by atoms with van der Waals surface area (Å²) in [6.45, 7) is 8.60. The van der Waals surface area contributed by atoms with Gasteiger partial charge in [0.1, 0.15) is 0 Å². The third-order valence-corrected chi connectivity index (χ3v) is 2.52. The monoisotopic (exact) mass is 195 g/mol. The molecule has 1 unspecified atom stereocenters. The molecule has 0 spiro atoms. The van der Waals surface area contributed by atoms with E-state index in [1.54, 1.807) is 0 Å². The van der Waals surface area contributed by atoms with Crippen LogP contribution in [-0.2, 0) is 6.54 Å². The van der Waals surface area contributed by atoms with Crippen molar-refractivity contribution in [1.29, 1.82) is 0 Å². The molecule has 0 fully saturated rings. The lowest BCUT2D eigenvalue weighted by Crippen LogP contribution is -2.20. The van der Waals surface area contributed by atoms with Crippen molar-refractivity contribution in [2.75, 3.05) is 6.54 Å². The van der Waals surface area contributed by atoms with Crippen molar-refractivity contribution in [3.63, 3.8) is 0 Å². The molecule has 0 aliphatic carbocycles. The Morgan fingerprint density at radius 2 is 2.36 bits per heavy atom. The molecule has 0 aliphatic heterocycles.